The molecule has 0 rings (SSSR count). The third kappa shape index (κ3) is 12.8. The van der Waals surface area contributed by atoms with E-state index < -0.39 is 5.41 Å². The summed E-state index contributed by atoms with van der Waals surface area (Å²) < 4.78 is 10.8. The van der Waals surface area contributed by atoms with E-state index in [1.54, 1.807) is 0 Å². The molecule has 25 heavy (non-hydrogen) atoms. The first-order valence-electron chi connectivity index (χ1n) is 9.46. The van der Waals surface area contributed by atoms with Crippen LogP contribution in [0.4, 0.5) is 0 Å². The van der Waals surface area contributed by atoms with Crippen LogP contribution in [0.3, 0.4) is 0 Å². The smallest absolute Gasteiger partial charge is 0.305 e. The minimum atomic E-state index is -0.418. The van der Waals surface area contributed by atoms with Gasteiger partial charge in [-0.2, -0.15) is 0 Å². The van der Waals surface area contributed by atoms with E-state index in [0.717, 1.165) is 51.4 Å². The van der Waals surface area contributed by atoms with E-state index in [9.17, 15) is 9.59 Å². The number of unbranched alkanes of at least 4 members (excludes halogenated alkanes) is 6. The number of halogens is 2. The molecule has 0 aliphatic rings. The lowest BCUT2D eigenvalue weighted by molar-refractivity contribution is -0.152. The molecule has 0 heterocycles. The molecule has 0 spiro atoms. The molecule has 0 fully saturated rings. The Bertz CT molecular complexity index is 327. The van der Waals surface area contributed by atoms with E-state index >= 15 is 0 Å². The maximum Gasteiger partial charge on any atom is 0.305 e. The first-order chi connectivity index (χ1) is 12.0. The maximum absolute atomic E-state index is 11.9. The third-order valence-electron chi connectivity index (χ3n) is 4.11. The molecule has 0 atom stereocenters. The fourth-order valence-corrected chi connectivity index (χ4v) is 3.81. The molecule has 4 nitrogen and oxygen atoms in total. The summed E-state index contributed by atoms with van der Waals surface area (Å²) >= 11 is 6.93. The van der Waals surface area contributed by atoms with Gasteiger partial charge in [0.25, 0.3) is 0 Å². The summed E-state index contributed by atoms with van der Waals surface area (Å²) in [6.45, 7) is 4.78. The van der Waals surface area contributed by atoms with Crippen molar-refractivity contribution in [2.75, 3.05) is 23.9 Å². The molecule has 0 radical (unpaired) electrons. The molecule has 0 saturated carbocycles. The van der Waals surface area contributed by atoms with Crippen LogP contribution in [0.25, 0.3) is 0 Å². The van der Waals surface area contributed by atoms with Crippen molar-refractivity contribution in [1.29, 1.82) is 0 Å². The largest absolute Gasteiger partial charge is 0.465 e. The minimum Gasteiger partial charge on any atom is -0.465 e. The van der Waals surface area contributed by atoms with E-state index in [0.29, 0.717) is 23.5 Å². The van der Waals surface area contributed by atoms with E-state index in [1.165, 1.54) is 0 Å². The van der Waals surface area contributed by atoms with Gasteiger partial charge in [-0.3, -0.25) is 9.59 Å². The average molecular weight is 486 g/mol. The topological polar surface area (TPSA) is 52.6 Å². The summed E-state index contributed by atoms with van der Waals surface area (Å²) in [6.07, 6.45) is 9.36. The third-order valence-corrected chi connectivity index (χ3v) is 6.49. The lowest BCUT2D eigenvalue weighted by atomic mass is 9.96. The zero-order valence-corrected chi connectivity index (χ0v) is 19.0. The normalized spacial score (nSPS) is 11.4. The Labute approximate surface area is 170 Å². The monoisotopic (exact) mass is 484 g/mol. The molecular weight excluding hydrogens is 452 g/mol. The molecule has 0 aromatic rings. The lowest BCUT2D eigenvalue weighted by Crippen LogP contribution is -2.37. The highest BCUT2D eigenvalue weighted by atomic mass is 79.9. The second-order valence-corrected chi connectivity index (χ2v) is 7.83. The second-order valence-electron chi connectivity index (χ2n) is 6.71. The predicted molar refractivity (Wildman–Crippen MR) is 109 cm³/mol. The standard InChI is InChI=1S/C19H34Br2O4/c1-3-5-7-9-11-17(22)24-15-19(13-20,14-21)16-25-18(23)12-10-8-6-4-2/h3-16H2,1-2H3. The fraction of sp³-hybridized carbons (Fsp3) is 0.895. The van der Waals surface area contributed by atoms with Gasteiger partial charge in [-0.25, -0.2) is 0 Å². The Hall–Kier alpha value is -0.100. The van der Waals surface area contributed by atoms with Gasteiger partial charge in [-0.05, 0) is 12.8 Å². The first kappa shape index (κ1) is 24.9. The van der Waals surface area contributed by atoms with Crippen molar-refractivity contribution in [3.63, 3.8) is 0 Å². The molecular formula is C19H34Br2O4. The van der Waals surface area contributed by atoms with Crippen LogP contribution in [0.15, 0.2) is 0 Å². The van der Waals surface area contributed by atoms with Crippen LogP contribution in [0, 0.1) is 5.41 Å². The molecule has 0 N–H and O–H groups in total. The van der Waals surface area contributed by atoms with Crippen molar-refractivity contribution in [3.8, 4) is 0 Å². The van der Waals surface area contributed by atoms with Gasteiger partial charge in [-0.1, -0.05) is 84.2 Å². The summed E-state index contributed by atoms with van der Waals surface area (Å²) in [4.78, 5) is 23.7. The van der Waals surface area contributed by atoms with Gasteiger partial charge in [0.15, 0.2) is 0 Å². The number of alkyl halides is 2. The number of carbonyl (C=O) groups is 2. The molecule has 0 aliphatic carbocycles. The summed E-state index contributed by atoms with van der Waals surface area (Å²) in [5.74, 6) is -0.346. The molecule has 0 unspecified atom stereocenters. The van der Waals surface area contributed by atoms with E-state index in [-0.39, 0.29) is 25.2 Å². The number of ether oxygens (including phenoxy) is 2. The van der Waals surface area contributed by atoms with Crippen LogP contribution in [0.2, 0.25) is 0 Å². The number of hydrogen-bond donors (Lipinski definition) is 0. The Morgan fingerprint density at radius 2 is 1.12 bits per heavy atom. The van der Waals surface area contributed by atoms with E-state index in [4.69, 9.17) is 9.47 Å². The van der Waals surface area contributed by atoms with Crippen LogP contribution < -0.4 is 0 Å². The average Bonchev–Trinajstić information content (AvgIpc) is 2.63. The van der Waals surface area contributed by atoms with Gasteiger partial charge in [0, 0.05) is 23.5 Å². The second kappa shape index (κ2) is 16.1. The van der Waals surface area contributed by atoms with Gasteiger partial charge < -0.3 is 9.47 Å². The van der Waals surface area contributed by atoms with Crippen molar-refractivity contribution in [2.45, 2.75) is 78.1 Å². The fourth-order valence-electron chi connectivity index (χ4n) is 2.24. The predicted octanol–water partition coefficient (Wildman–Crippen LogP) is 5.79. The molecule has 0 aliphatic heterocycles. The van der Waals surface area contributed by atoms with Crippen molar-refractivity contribution in [1.82, 2.24) is 0 Å². The van der Waals surface area contributed by atoms with Crippen LogP contribution in [-0.2, 0) is 19.1 Å². The molecule has 6 heteroatoms. The number of hydrogen-bond acceptors (Lipinski definition) is 4. The van der Waals surface area contributed by atoms with Crippen molar-refractivity contribution >= 4 is 43.8 Å². The van der Waals surface area contributed by atoms with Crippen molar-refractivity contribution < 1.29 is 19.1 Å². The first-order valence-corrected chi connectivity index (χ1v) is 11.7. The van der Waals surface area contributed by atoms with Gasteiger partial charge in [0.1, 0.15) is 13.2 Å². The van der Waals surface area contributed by atoms with Gasteiger partial charge in [0.05, 0.1) is 5.41 Å². The van der Waals surface area contributed by atoms with Gasteiger partial charge in [0.2, 0.25) is 0 Å². The zero-order valence-electron chi connectivity index (χ0n) is 15.8. The maximum atomic E-state index is 11.9. The number of rotatable bonds is 16. The minimum absolute atomic E-state index is 0.173. The molecule has 148 valence electrons. The lowest BCUT2D eigenvalue weighted by Gasteiger charge is -2.28. The molecule has 0 bridgehead atoms. The summed E-state index contributed by atoms with van der Waals surface area (Å²) in [6, 6.07) is 0. The summed E-state index contributed by atoms with van der Waals surface area (Å²) in [7, 11) is 0. The molecule has 0 amide bonds. The summed E-state index contributed by atoms with van der Waals surface area (Å²) in [5.41, 5.74) is -0.418. The summed E-state index contributed by atoms with van der Waals surface area (Å²) in [5, 5.41) is 1.19. The van der Waals surface area contributed by atoms with Crippen molar-refractivity contribution in [3.05, 3.63) is 0 Å². The van der Waals surface area contributed by atoms with Gasteiger partial charge >= 0.3 is 11.9 Å². The molecule has 0 aromatic heterocycles. The van der Waals surface area contributed by atoms with Crippen LogP contribution >= 0.6 is 31.9 Å². The SMILES string of the molecule is CCCCCCC(=O)OCC(CBr)(CBr)COC(=O)CCCCCC. The van der Waals surface area contributed by atoms with Crippen LogP contribution in [0.1, 0.15) is 78.1 Å². The van der Waals surface area contributed by atoms with E-state index in [2.05, 4.69) is 45.7 Å². The van der Waals surface area contributed by atoms with Crippen molar-refractivity contribution in [2.24, 2.45) is 5.41 Å². The highest BCUT2D eigenvalue weighted by Gasteiger charge is 2.32. The highest BCUT2D eigenvalue weighted by molar-refractivity contribution is 9.09. The number of carbonyl (C=O) groups excluding carboxylic acids is 2. The Morgan fingerprint density at radius 1 is 0.720 bits per heavy atom. The Balaban J connectivity index is 4.17. The Kier molecular flexibility index (Phi) is 16.0. The van der Waals surface area contributed by atoms with Crippen LogP contribution in [-0.4, -0.2) is 35.8 Å². The Morgan fingerprint density at radius 3 is 1.44 bits per heavy atom. The van der Waals surface area contributed by atoms with E-state index in [1.807, 2.05) is 0 Å². The highest BCUT2D eigenvalue weighted by Crippen LogP contribution is 2.25. The molecule has 0 aromatic carbocycles. The van der Waals surface area contributed by atoms with Gasteiger partial charge in [-0.15, -0.1) is 0 Å². The number of esters is 2. The van der Waals surface area contributed by atoms with Crippen LogP contribution in [0.5, 0.6) is 0 Å². The molecule has 0 saturated heterocycles. The zero-order chi connectivity index (χ0) is 19.0. The quantitative estimate of drug-likeness (QED) is 0.158.